The van der Waals surface area contributed by atoms with Gasteiger partial charge in [-0.05, 0) is 24.6 Å². The molecule has 0 bridgehead atoms. The number of fused-ring (bicyclic) bond motifs is 2. The molecule has 0 amide bonds. The van der Waals surface area contributed by atoms with Crippen LogP contribution in [0.25, 0.3) is 33.3 Å². The van der Waals surface area contributed by atoms with Crippen molar-refractivity contribution >= 4 is 22.1 Å². The lowest BCUT2D eigenvalue weighted by Gasteiger charge is -2.12. The molecule has 0 radical (unpaired) electrons. The highest BCUT2D eigenvalue weighted by atomic mass is 16.3. The molecule has 32 heavy (non-hydrogen) atoms. The average molecular weight is 428 g/mol. The van der Waals surface area contributed by atoms with Gasteiger partial charge < -0.3 is 8.98 Å². The van der Waals surface area contributed by atoms with Crippen molar-refractivity contribution in [3.63, 3.8) is 0 Å². The van der Waals surface area contributed by atoms with Crippen LogP contribution in [0.4, 0.5) is 0 Å². The number of nitrogens with zero attached hydrogens (tertiary/aromatic N) is 4. The third kappa shape index (κ3) is 2.91. The molecule has 0 N–H and O–H groups in total. The number of benzene rings is 2. The van der Waals surface area contributed by atoms with E-state index in [4.69, 9.17) is 4.42 Å². The van der Waals surface area contributed by atoms with Crippen LogP contribution in [0, 0.1) is 6.92 Å². The molecule has 0 spiro atoms. The minimum atomic E-state index is -0.458. The van der Waals surface area contributed by atoms with E-state index < -0.39 is 11.2 Å². The maximum atomic E-state index is 13.5. The van der Waals surface area contributed by atoms with E-state index in [-0.39, 0.29) is 23.1 Å². The summed E-state index contributed by atoms with van der Waals surface area (Å²) in [6, 6.07) is 14.8. The first-order chi connectivity index (χ1) is 15.4. The standard InChI is InChI=1S/C24H20N4O4/c1-14-9-10-17-16(11-14)21(29)19(15-7-5-4-6-8-15)18(32-17)12-28-13-25-22-20(28)23(30)27(3)24(31)26(22)2/h4-11,13H,12H2,1-3H3. The van der Waals surface area contributed by atoms with Crippen molar-refractivity contribution in [1.29, 1.82) is 0 Å². The molecule has 8 nitrogen and oxygen atoms in total. The van der Waals surface area contributed by atoms with Crippen molar-refractivity contribution in [3.05, 3.63) is 97.2 Å². The zero-order chi connectivity index (χ0) is 22.6. The zero-order valence-corrected chi connectivity index (χ0v) is 17.8. The van der Waals surface area contributed by atoms with Crippen LogP contribution in [0.1, 0.15) is 11.3 Å². The molecule has 0 atom stereocenters. The zero-order valence-electron chi connectivity index (χ0n) is 17.8. The van der Waals surface area contributed by atoms with Gasteiger partial charge in [-0.1, -0.05) is 42.0 Å². The van der Waals surface area contributed by atoms with Gasteiger partial charge >= 0.3 is 5.69 Å². The summed E-state index contributed by atoms with van der Waals surface area (Å²) >= 11 is 0. The van der Waals surface area contributed by atoms with Crippen LogP contribution in [0.5, 0.6) is 0 Å². The highest BCUT2D eigenvalue weighted by molar-refractivity contribution is 5.83. The summed E-state index contributed by atoms with van der Waals surface area (Å²) in [5.74, 6) is 0.410. The van der Waals surface area contributed by atoms with E-state index in [1.165, 1.54) is 17.9 Å². The molecule has 0 fully saturated rings. The molecule has 5 aromatic rings. The third-order valence-electron chi connectivity index (χ3n) is 5.71. The molecule has 0 saturated heterocycles. The Kier molecular flexibility index (Phi) is 4.44. The fourth-order valence-corrected chi connectivity index (χ4v) is 4.04. The van der Waals surface area contributed by atoms with Crippen LogP contribution in [-0.2, 0) is 20.6 Å². The molecule has 0 unspecified atom stereocenters. The fourth-order valence-electron chi connectivity index (χ4n) is 4.04. The summed E-state index contributed by atoms with van der Waals surface area (Å²) in [5.41, 5.74) is 2.09. The number of aryl methyl sites for hydroxylation is 2. The van der Waals surface area contributed by atoms with Crippen molar-refractivity contribution < 1.29 is 4.42 Å². The van der Waals surface area contributed by atoms with Crippen LogP contribution >= 0.6 is 0 Å². The second-order valence-corrected chi connectivity index (χ2v) is 7.85. The largest absolute Gasteiger partial charge is 0.458 e. The molecule has 0 aliphatic rings. The Morgan fingerprint density at radius 2 is 1.72 bits per heavy atom. The highest BCUT2D eigenvalue weighted by Gasteiger charge is 2.20. The maximum Gasteiger partial charge on any atom is 0.332 e. The topological polar surface area (TPSA) is 92.0 Å². The second-order valence-electron chi connectivity index (χ2n) is 7.85. The van der Waals surface area contributed by atoms with E-state index in [1.807, 2.05) is 49.4 Å². The van der Waals surface area contributed by atoms with Crippen molar-refractivity contribution in [2.75, 3.05) is 0 Å². The fraction of sp³-hybridized carbons (Fsp3) is 0.167. The Morgan fingerprint density at radius 3 is 2.47 bits per heavy atom. The molecule has 8 heteroatoms. The van der Waals surface area contributed by atoms with Crippen LogP contribution in [0.15, 0.2) is 73.7 Å². The Bertz CT molecular complexity index is 1690. The Balaban J connectivity index is 1.81. The predicted molar refractivity (Wildman–Crippen MR) is 122 cm³/mol. The summed E-state index contributed by atoms with van der Waals surface area (Å²) in [6.45, 7) is 2.03. The van der Waals surface area contributed by atoms with Crippen LogP contribution < -0.4 is 16.7 Å². The predicted octanol–water partition coefficient (Wildman–Crippen LogP) is 2.56. The minimum Gasteiger partial charge on any atom is -0.458 e. The van der Waals surface area contributed by atoms with Crippen molar-refractivity contribution in [2.24, 2.45) is 14.1 Å². The van der Waals surface area contributed by atoms with Crippen molar-refractivity contribution in [3.8, 4) is 11.1 Å². The summed E-state index contributed by atoms with van der Waals surface area (Å²) < 4.78 is 10.2. The lowest BCUT2D eigenvalue weighted by molar-refractivity contribution is 0.521. The van der Waals surface area contributed by atoms with Crippen LogP contribution in [-0.4, -0.2) is 18.7 Å². The molecular weight excluding hydrogens is 408 g/mol. The molecule has 2 aromatic carbocycles. The quantitative estimate of drug-likeness (QED) is 0.440. The van der Waals surface area contributed by atoms with Gasteiger partial charge in [0.1, 0.15) is 11.3 Å². The minimum absolute atomic E-state index is 0.104. The molecule has 3 aromatic heterocycles. The number of rotatable bonds is 3. The summed E-state index contributed by atoms with van der Waals surface area (Å²) in [5, 5.41) is 0.501. The van der Waals surface area contributed by atoms with Gasteiger partial charge in [-0.3, -0.25) is 18.7 Å². The monoisotopic (exact) mass is 428 g/mol. The van der Waals surface area contributed by atoms with Gasteiger partial charge in [-0.15, -0.1) is 0 Å². The van der Waals surface area contributed by atoms with Gasteiger partial charge in [-0.25, -0.2) is 9.78 Å². The first-order valence-corrected chi connectivity index (χ1v) is 10.1. The molecule has 0 aliphatic carbocycles. The van der Waals surface area contributed by atoms with Crippen molar-refractivity contribution in [1.82, 2.24) is 18.7 Å². The molecule has 5 rings (SSSR count). The van der Waals surface area contributed by atoms with Gasteiger partial charge in [0.15, 0.2) is 11.2 Å². The molecule has 0 saturated carbocycles. The number of hydrogen-bond acceptors (Lipinski definition) is 5. The van der Waals surface area contributed by atoms with Crippen molar-refractivity contribution in [2.45, 2.75) is 13.5 Å². The van der Waals surface area contributed by atoms with E-state index in [9.17, 15) is 14.4 Å². The lowest BCUT2D eigenvalue weighted by atomic mass is 10.0. The van der Waals surface area contributed by atoms with Gasteiger partial charge in [-0.2, -0.15) is 0 Å². The summed E-state index contributed by atoms with van der Waals surface area (Å²) in [6.07, 6.45) is 1.49. The second kappa shape index (κ2) is 7.19. The maximum absolute atomic E-state index is 13.5. The number of aromatic nitrogens is 4. The van der Waals surface area contributed by atoms with E-state index in [0.717, 1.165) is 15.7 Å². The molecular formula is C24H20N4O4. The molecule has 160 valence electrons. The third-order valence-corrected chi connectivity index (χ3v) is 5.71. The lowest BCUT2D eigenvalue weighted by Crippen LogP contribution is -2.37. The van der Waals surface area contributed by atoms with Gasteiger partial charge in [0, 0.05) is 14.1 Å². The number of hydrogen-bond donors (Lipinski definition) is 0. The SMILES string of the molecule is Cc1ccc2oc(Cn3cnc4c3c(=O)n(C)c(=O)n4C)c(-c3ccccc3)c(=O)c2c1. The van der Waals surface area contributed by atoms with Crippen LogP contribution in [0.2, 0.25) is 0 Å². The summed E-state index contributed by atoms with van der Waals surface area (Å²) in [7, 11) is 2.99. The highest BCUT2D eigenvalue weighted by Crippen LogP contribution is 2.26. The first-order valence-electron chi connectivity index (χ1n) is 10.1. The van der Waals surface area contributed by atoms with Crippen LogP contribution in [0.3, 0.4) is 0 Å². The summed E-state index contributed by atoms with van der Waals surface area (Å²) in [4.78, 5) is 42.9. The number of imidazole rings is 1. The average Bonchev–Trinajstić information content (AvgIpc) is 3.21. The first kappa shape index (κ1) is 19.7. The van der Waals surface area contributed by atoms with Gasteiger partial charge in [0.2, 0.25) is 5.43 Å². The van der Waals surface area contributed by atoms with E-state index in [2.05, 4.69) is 4.98 Å². The Morgan fingerprint density at radius 1 is 0.969 bits per heavy atom. The molecule has 3 heterocycles. The smallest absolute Gasteiger partial charge is 0.332 e. The van der Waals surface area contributed by atoms with Gasteiger partial charge in [0.05, 0.1) is 23.8 Å². The van der Waals surface area contributed by atoms with E-state index >= 15 is 0 Å². The normalized spacial score (nSPS) is 11.5. The Hall–Kier alpha value is -4.20. The molecule has 0 aliphatic heterocycles. The van der Waals surface area contributed by atoms with Gasteiger partial charge in [0.25, 0.3) is 5.56 Å². The van der Waals surface area contributed by atoms with E-state index in [0.29, 0.717) is 22.3 Å². The van der Waals surface area contributed by atoms with E-state index in [1.54, 1.807) is 17.7 Å². The Labute approximate surface area is 181 Å².